The highest BCUT2D eigenvalue weighted by atomic mass is 19.3. The monoisotopic (exact) mass is 363 g/mol. The van der Waals surface area contributed by atoms with E-state index in [1.807, 2.05) is 0 Å². The van der Waals surface area contributed by atoms with Gasteiger partial charge in [0.2, 0.25) is 0 Å². The molecule has 0 aliphatic heterocycles. The maximum Gasteiger partial charge on any atom is 0.387 e. The van der Waals surface area contributed by atoms with Crippen molar-refractivity contribution in [1.82, 2.24) is 5.32 Å². The summed E-state index contributed by atoms with van der Waals surface area (Å²) in [6, 6.07) is 5.68. The average molecular weight is 363 g/mol. The van der Waals surface area contributed by atoms with Crippen molar-refractivity contribution in [3.8, 4) is 5.75 Å². The third kappa shape index (κ3) is 3.47. The summed E-state index contributed by atoms with van der Waals surface area (Å²) < 4.78 is 35.2. The van der Waals surface area contributed by atoms with Gasteiger partial charge < -0.3 is 14.5 Å². The van der Waals surface area contributed by atoms with E-state index in [1.165, 1.54) is 6.07 Å². The van der Waals surface area contributed by atoms with E-state index in [1.54, 1.807) is 32.0 Å². The first kappa shape index (κ1) is 18.1. The van der Waals surface area contributed by atoms with Crippen molar-refractivity contribution in [2.45, 2.75) is 45.8 Å². The molecule has 7 heteroatoms. The summed E-state index contributed by atoms with van der Waals surface area (Å²) in [5, 5.41) is 2.72. The quantitative estimate of drug-likeness (QED) is 0.864. The van der Waals surface area contributed by atoms with Gasteiger partial charge in [-0.05, 0) is 26.3 Å². The number of aryl methyl sites for hydroxylation is 1. The Morgan fingerprint density at radius 1 is 1.27 bits per heavy atom. The number of ketones is 1. The number of carbonyl (C=O) groups is 2. The predicted octanol–water partition coefficient (Wildman–Crippen LogP) is 4.20. The van der Waals surface area contributed by atoms with Crippen LogP contribution in [-0.4, -0.2) is 18.3 Å². The summed E-state index contributed by atoms with van der Waals surface area (Å²) in [7, 11) is 0. The Kier molecular flexibility index (Phi) is 5.06. The molecule has 1 aliphatic carbocycles. The normalized spacial score (nSPS) is 14.9. The van der Waals surface area contributed by atoms with Crippen LogP contribution in [0.4, 0.5) is 8.78 Å². The standard InChI is InChI=1S/C19H19F2NO4/c1-10-16-13(23)7-5-9-15(16)25-17(10)18(24)22-11(2)12-6-3-4-8-14(12)26-19(20)21/h3-4,6,8,11,19H,5,7,9H2,1-2H3,(H,22,24). The predicted molar refractivity (Wildman–Crippen MR) is 89.7 cm³/mol. The van der Waals surface area contributed by atoms with Crippen molar-refractivity contribution in [3.05, 3.63) is 52.5 Å². The number of hydrogen-bond acceptors (Lipinski definition) is 4. The van der Waals surface area contributed by atoms with E-state index in [2.05, 4.69) is 10.1 Å². The summed E-state index contributed by atoms with van der Waals surface area (Å²) in [6.45, 7) is 0.387. The minimum Gasteiger partial charge on any atom is -0.455 e. The Balaban J connectivity index is 1.82. The molecule has 1 N–H and O–H groups in total. The lowest BCUT2D eigenvalue weighted by atomic mass is 9.94. The van der Waals surface area contributed by atoms with Gasteiger partial charge in [0.15, 0.2) is 11.5 Å². The molecular weight excluding hydrogens is 344 g/mol. The molecule has 1 aliphatic rings. The number of fused-ring (bicyclic) bond motifs is 1. The lowest BCUT2D eigenvalue weighted by Gasteiger charge is -2.17. The highest BCUT2D eigenvalue weighted by molar-refractivity contribution is 6.03. The number of para-hydroxylation sites is 1. The molecule has 3 rings (SSSR count). The number of halogens is 2. The van der Waals surface area contributed by atoms with Gasteiger partial charge in [0.05, 0.1) is 11.6 Å². The molecule has 0 spiro atoms. The van der Waals surface area contributed by atoms with Crippen molar-refractivity contribution in [3.63, 3.8) is 0 Å². The van der Waals surface area contributed by atoms with Crippen LogP contribution >= 0.6 is 0 Å². The molecule has 0 bridgehead atoms. The van der Waals surface area contributed by atoms with E-state index in [0.717, 1.165) is 0 Å². The van der Waals surface area contributed by atoms with Crippen molar-refractivity contribution < 1.29 is 27.5 Å². The molecule has 1 unspecified atom stereocenters. The zero-order chi connectivity index (χ0) is 18.8. The Morgan fingerprint density at radius 3 is 2.69 bits per heavy atom. The van der Waals surface area contributed by atoms with Crippen LogP contribution in [0.15, 0.2) is 28.7 Å². The molecule has 5 nitrogen and oxygen atoms in total. The fraction of sp³-hybridized carbons (Fsp3) is 0.368. The number of benzene rings is 1. The van der Waals surface area contributed by atoms with Crippen LogP contribution < -0.4 is 10.1 Å². The number of rotatable bonds is 5. The van der Waals surface area contributed by atoms with Gasteiger partial charge in [-0.15, -0.1) is 0 Å². The molecule has 0 saturated carbocycles. The Labute approximate surface area is 149 Å². The number of nitrogens with one attached hydrogen (secondary N) is 1. The average Bonchev–Trinajstić information content (AvgIpc) is 2.93. The summed E-state index contributed by atoms with van der Waals surface area (Å²) in [5.74, 6) is 0.114. The number of Topliss-reactive ketones (excluding diaryl/α,β-unsaturated/α-hetero) is 1. The lowest BCUT2D eigenvalue weighted by Crippen LogP contribution is -2.27. The summed E-state index contributed by atoms with van der Waals surface area (Å²) in [4.78, 5) is 24.7. The number of amides is 1. The minimum atomic E-state index is -2.95. The van der Waals surface area contributed by atoms with Gasteiger partial charge in [0.1, 0.15) is 11.5 Å². The fourth-order valence-corrected chi connectivity index (χ4v) is 3.25. The Hall–Kier alpha value is -2.70. The maximum absolute atomic E-state index is 12.6. The molecule has 1 aromatic carbocycles. The van der Waals surface area contributed by atoms with E-state index >= 15 is 0 Å². The molecular formula is C19H19F2NO4. The van der Waals surface area contributed by atoms with E-state index in [-0.39, 0.29) is 17.3 Å². The van der Waals surface area contributed by atoms with Crippen molar-refractivity contribution in [2.24, 2.45) is 0 Å². The minimum absolute atomic E-state index is 0.000869. The van der Waals surface area contributed by atoms with Gasteiger partial charge in [-0.3, -0.25) is 9.59 Å². The summed E-state index contributed by atoms with van der Waals surface area (Å²) in [5.41, 5.74) is 1.44. The van der Waals surface area contributed by atoms with Gasteiger partial charge in [0.25, 0.3) is 5.91 Å². The zero-order valence-corrected chi connectivity index (χ0v) is 14.5. The van der Waals surface area contributed by atoms with Gasteiger partial charge in [0, 0.05) is 24.0 Å². The maximum atomic E-state index is 12.6. The molecule has 2 aromatic rings. The van der Waals surface area contributed by atoms with Gasteiger partial charge in [-0.25, -0.2) is 0 Å². The molecule has 1 heterocycles. The second kappa shape index (κ2) is 7.27. The summed E-state index contributed by atoms with van der Waals surface area (Å²) >= 11 is 0. The highest BCUT2D eigenvalue weighted by Gasteiger charge is 2.29. The number of alkyl halides is 2. The van der Waals surface area contributed by atoms with E-state index < -0.39 is 18.6 Å². The van der Waals surface area contributed by atoms with Crippen LogP contribution in [0.2, 0.25) is 0 Å². The second-order valence-corrected chi connectivity index (χ2v) is 6.24. The third-order valence-corrected chi connectivity index (χ3v) is 4.46. The van der Waals surface area contributed by atoms with Gasteiger partial charge in [-0.2, -0.15) is 8.78 Å². The Morgan fingerprint density at radius 2 is 2.00 bits per heavy atom. The van der Waals surface area contributed by atoms with E-state index in [0.29, 0.717) is 41.7 Å². The second-order valence-electron chi connectivity index (χ2n) is 6.24. The first-order valence-corrected chi connectivity index (χ1v) is 8.38. The first-order valence-electron chi connectivity index (χ1n) is 8.38. The van der Waals surface area contributed by atoms with E-state index in [9.17, 15) is 18.4 Å². The molecule has 0 fully saturated rings. The molecule has 138 valence electrons. The fourth-order valence-electron chi connectivity index (χ4n) is 3.25. The molecule has 1 amide bonds. The van der Waals surface area contributed by atoms with Crippen molar-refractivity contribution in [1.29, 1.82) is 0 Å². The summed E-state index contributed by atoms with van der Waals surface area (Å²) in [6.07, 6.45) is 1.77. The van der Waals surface area contributed by atoms with Gasteiger partial charge >= 0.3 is 6.61 Å². The van der Waals surface area contributed by atoms with Crippen molar-refractivity contribution >= 4 is 11.7 Å². The van der Waals surface area contributed by atoms with E-state index in [4.69, 9.17) is 4.42 Å². The largest absolute Gasteiger partial charge is 0.455 e. The molecule has 0 radical (unpaired) electrons. The lowest BCUT2D eigenvalue weighted by molar-refractivity contribution is -0.0506. The van der Waals surface area contributed by atoms with Crippen molar-refractivity contribution in [2.75, 3.05) is 0 Å². The number of carbonyl (C=O) groups excluding carboxylic acids is 2. The number of hydrogen-bond donors (Lipinski definition) is 1. The SMILES string of the molecule is Cc1c(C(=O)NC(C)c2ccccc2OC(F)F)oc2c1C(=O)CCC2. The molecule has 1 atom stereocenters. The molecule has 0 saturated heterocycles. The van der Waals surface area contributed by atoms with Crippen LogP contribution in [0, 0.1) is 6.92 Å². The zero-order valence-electron chi connectivity index (χ0n) is 14.5. The topological polar surface area (TPSA) is 68.5 Å². The van der Waals surface area contributed by atoms with Crippen LogP contribution in [0.1, 0.15) is 63.6 Å². The van der Waals surface area contributed by atoms with Gasteiger partial charge in [-0.1, -0.05) is 18.2 Å². The van der Waals surface area contributed by atoms with Crippen LogP contribution in [0.25, 0.3) is 0 Å². The van der Waals surface area contributed by atoms with Crippen LogP contribution in [0.3, 0.4) is 0 Å². The highest BCUT2D eigenvalue weighted by Crippen LogP contribution is 2.30. The Bertz CT molecular complexity index is 844. The first-order chi connectivity index (χ1) is 12.4. The molecule has 26 heavy (non-hydrogen) atoms. The molecule has 1 aromatic heterocycles. The van der Waals surface area contributed by atoms with Crippen LogP contribution in [0.5, 0.6) is 5.75 Å². The smallest absolute Gasteiger partial charge is 0.387 e. The van der Waals surface area contributed by atoms with Crippen LogP contribution in [-0.2, 0) is 6.42 Å². The number of ether oxygens (including phenoxy) is 1. The number of furan rings is 1. The third-order valence-electron chi connectivity index (χ3n) is 4.46.